The van der Waals surface area contributed by atoms with Crippen LogP contribution in [0.5, 0.6) is 0 Å². The lowest BCUT2D eigenvalue weighted by molar-refractivity contribution is -0.116. The summed E-state index contributed by atoms with van der Waals surface area (Å²) in [7, 11) is 0. The minimum Gasteiger partial charge on any atom is -0.366 e. The van der Waals surface area contributed by atoms with Crippen LogP contribution in [-0.4, -0.2) is 25.9 Å². The minimum atomic E-state index is -0.512. The molecule has 5 rings (SSSR count). The van der Waals surface area contributed by atoms with E-state index in [0.717, 1.165) is 27.5 Å². The molecule has 0 radical (unpaired) electrons. The lowest BCUT2D eigenvalue weighted by atomic mass is 10.2. The topological polar surface area (TPSA) is 94.9 Å². The number of carbonyl (C=O) groups is 2. The number of aromatic nitrogens is 3. The molecule has 0 fully saturated rings. The summed E-state index contributed by atoms with van der Waals surface area (Å²) < 4.78 is 3.83. The number of fused-ring (bicyclic) bond motifs is 2. The molecular weight excluding hydrogens is 402 g/mol. The zero-order chi connectivity index (χ0) is 22.1. The average Bonchev–Trinajstić information content (AvgIpc) is 3.37. The van der Waals surface area contributed by atoms with Gasteiger partial charge in [0.25, 0.3) is 5.91 Å². The van der Waals surface area contributed by atoms with E-state index in [1.807, 2.05) is 79.1 Å². The smallest absolute Gasteiger partial charge is 0.250 e. The van der Waals surface area contributed by atoms with Gasteiger partial charge in [0.2, 0.25) is 5.91 Å². The summed E-state index contributed by atoms with van der Waals surface area (Å²) in [5.41, 5.74) is 10.5. The number of para-hydroxylation sites is 3. The largest absolute Gasteiger partial charge is 0.366 e. The van der Waals surface area contributed by atoms with Crippen molar-refractivity contribution in [2.45, 2.75) is 13.1 Å². The molecular formula is C25H21N5O2. The summed E-state index contributed by atoms with van der Waals surface area (Å²) in [6.07, 6.45) is 3.47. The lowest BCUT2D eigenvalue weighted by Crippen LogP contribution is -2.18. The van der Waals surface area contributed by atoms with Crippen LogP contribution in [-0.2, 0) is 17.9 Å². The fourth-order valence-electron chi connectivity index (χ4n) is 3.96. The first-order valence-electron chi connectivity index (χ1n) is 10.2. The molecule has 7 nitrogen and oxygen atoms in total. The Balaban J connectivity index is 1.28. The zero-order valence-electron chi connectivity index (χ0n) is 17.2. The van der Waals surface area contributed by atoms with Crippen molar-refractivity contribution in [2.75, 3.05) is 5.32 Å². The van der Waals surface area contributed by atoms with Crippen molar-refractivity contribution in [1.82, 2.24) is 14.1 Å². The Bertz CT molecular complexity index is 1450. The summed E-state index contributed by atoms with van der Waals surface area (Å²) in [6.45, 7) is 0.774. The number of carbonyl (C=O) groups excluding carboxylic acids is 2. The van der Waals surface area contributed by atoms with Crippen LogP contribution in [0.15, 0.2) is 85.3 Å². The lowest BCUT2D eigenvalue weighted by Gasteiger charge is -2.09. The number of rotatable bonds is 6. The van der Waals surface area contributed by atoms with E-state index in [4.69, 9.17) is 5.73 Å². The van der Waals surface area contributed by atoms with Gasteiger partial charge in [-0.1, -0.05) is 42.5 Å². The van der Waals surface area contributed by atoms with Crippen molar-refractivity contribution in [3.8, 4) is 0 Å². The van der Waals surface area contributed by atoms with Gasteiger partial charge in [0.15, 0.2) is 0 Å². The van der Waals surface area contributed by atoms with Crippen LogP contribution in [0.3, 0.4) is 0 Å². The van der Waals surface area contributed by atoms with Crippen LogP contribution >= 0.6 is 0 Å². The highest BCUT2D eigenvalue weighted by Crippen LogP contribution is 2.21. The second kappa shape index (κ2) is 8.03. The van der Waals surface area contributed by atoms with Gasteiger partial charge in [-0.3, -0.25) is 9.59 Å². The van der Waals surface area contributed by atoms with Crippen LogP contribution in [0.1, 0.15) is 15.9 Å². The van der Waals surface area contributed by atoms with E-state index in [1.54, 1.807) is 10.8 Å². The van der Waals surface area contributed by atoms with Crippen LogP contribution < -0.4 is 11.1 Å². The highest BCUT2D eigenvalue weighted by atomic mass is 16.2. The zero-order valence-corrected chi connectivity index (χ0v) is 17.2. The number of amides is 2. The molecule has 3 N–H and O–H groups in total. The van der Waals surface area contributed by atoms with Gasteiger partial charge in [-0.15, -0.1) is 0 Å². The number of nitrogens with zero attached hydrogens (tertiary/aromatic N) is 3. The second-order valence-corrected chi connectivity index (χ2v) is 7.66. The monoisotopic (exact) mass is 423 g/mol. The summed E-state index contributed by atoms with van der Waals surface area (Å²) in [6, 6.07) is 23.1. The molecule has 3 aromatic carbocycles. The molecule has 32 heavy (non-hydrogen) atoms. The molecule has 0 unspecified atom stereocenters. The Morgan fingerprint density at radius 2 is 1.59 bits per heavy atom. The van der Waals surface area contributed by atoms with Gasteiger partial charge in [-0.05, 0) is 35.9 Å². The van der Waals surface area contributed by atoms with Crippen molar-refractivity contribution in [3.05, 3.63) is 96.4 Å². The number of nitrogens with two attached hydrogens (primary N) is 1. The highest BCUT2D eigenvalue weighted by Gasteiger charge is 2.14. The average molecular weight is 423 g/mol. The van der Waals surface area contributed by atoms with Gasteiger partial charge in [-0.25, -0.2) is 4.98 Å². The number of hydrogen-bond acceptors (Lipinski definition) is 3. The fraction of sp³-hybridized carbons (Fsp3) is 0.0800. The van der Waals surface area contributed by atoms with Gasteiger partial charge in [-0.2, -0.15) is 0 Å². The third-order valence-corrected chi connectivity index (χ3v) is 5.49. The second-order valence-electron chi connectivity index (χ2n) is 7.66. The molecule has 0 aliphatic carbocycles. The number of hydrogen-bond donors (Lipinski definition) is 2. The number of benzene rings is 3. The van der Waals surface area contributed by atoms with E-state index in [9.17, 15) is 9.59 Å². The SMILES string of the molecule is NC(=O)c1cn(CC(=O)Nc2ccc(Cn3cnc4ccccc43)cc2)c2ccccc12. The Morgan fingerprint density at radius 1 is 0.875 bits per heavy atom. The molecule has 0 saturated carbocycles. The predicted octanol–water partition coefficient (Wildman–Crippen LogP) is 3.78. The first kappa shape index (κ1) is 19.6. The van der Waals surface area contributed by atoms with E-state index in [0.29, 0.717) is 17.8 Å². The molecule has 0 bridgehead atoms. The number of nitrogens with one attached hydrogen (secondary N) is 1. The molecule has 0 saturated heterocycles. The molecule has 0 atom stereocenters. The van der Waals surface area contributed by atoms with Crippen molar-refractivity contribution < 1.29 is 9.59 Å². The molecule has 5 aromatic rings. The van der Waals surface area contributed by atoms with E-state index in [1.165, 1.54) is 0 Å². The molecule has 2 aromatic heterocycles. The summed E-state index contributed by atoms with van der Waals surface area (Å²) in [5, 5.41) is 3.65. The van der Waals surface area contributed by atoms with Crippen LogP contribution in [0, 0.1) is 0 Å². The van der Waals surface area contributed by atoms with Gasteiger partial charge in [0.1, 0.15) is 6.54 Å². The van der Waals surface area contributed by atoms with Gasteiger partial charge in [0.05, 0.1) is 22.9 Å². The molecule has 7 heteroatoms. The molecule has 0 spiro atoms. The van der Waals surface area contributed by atoms with Gasteiger partial charge >= 0.3 is 0 Å². The Hall–Kier alpha value is -4.39. The molecule has 158 valence electrons. The first-order valence-corrected chi connectivity index (χ1v) is 10.2. The van der Waals surface area contributed by atoms with E-state index in [2.05, 4.69) is 14.9 Å². The van der Waals surface area contributed by atoms with Crippen molar-refractivity contribution in [2.24, 2.45) is 5.73 Å². The van der Waals surface area contributed by atoms with E-state index < -0.39 is 5.91 Å². The Morgan fingerprint density at radius 3 is 2.38 bits per heavy atom. The van der Waals surface area contributed by atoms with E-state index in [-0.39, 0.29) is 12.5 Å². The maximum atomic E-state index is 12.6. The third kappa shape index (κ3) is 3.72. The standard InChI is InChI=1S/C25H21N5O2/c26-25(32)20-14-29(22-7-3-1-5-19(20)22)15-24(31)28-18-11-9-17(10-12-18)13-30-16-27-21-6-2-4-8-23(21)30/h1-12,14,16H,13,15H2,(H2,26,32)(H,28,31). The molecule has 2 heterocycles. The fourth-order valence-corrected chi connectivity index (χ4v) is 3.96. The molecule has 0 aliphatic rings. The quantitative estimate of drug-likeness (QED) is 0.435. The van der Waals surface area contributed by atoms with Crippen LogP contribution in [0.4, 0.5) is 5.69 Å². The Labute approximate surface area is 184 Å². The molecule has 0 aliphatic heterocycles. The maximum absolute atomic E-state index is 12.6. The predicted molar refractivity (Wildman–Crippen MR) is 124 cm³/mol. The van der Waals surface area contributed by atoms with Gasteiger partial charge in [0, 0.05) is 29.3 Å². The van der Waals surface area contributed by atoms with Crippen molar-refractivity contribution in [1.29, 1.82) is 0 Å². The van der Waals surface area contributed by atoms with Crippen LogP contribution in [0.2, 0.25) is 0 Å². The van der Waals surface area contributed by atoms with E-state index >= 15 is 0 Å². The highest BCUT2D eigenvalue weighted by molar-refractivity contribution is 6.06. The van der Waals surface area contributed by atoms with Crippen molar-refractivity contribution in [3.63, 3.8) is 0 Å². The minimum absolute atomic E-state index is 0.0799. The summed E-state index contributed by atoms with van der Waals surface area (Å²) >= 11 is 0. The third-order valence-electron chi connectivity index (χ3n) is 5.49. The number of anilines is 1. The molecule has 2 amide bonds. The van der Waals surface area contributed by atoms with Crippen LogP contribution in [0.25, 0.3) is 21.9 Å². The maximum Gasteiger partial charge on any atom is 0.250 e. The Kier molecular flexibility index (Phi) is 4.91. The summed E-state index contributed by atoms with van der Waals surface area (Å²) in [5.74, 6) is -0.697. The first-order chi connectivity index (χ1) is 15.6. The number of primary amides is 1. The number of imidazole rings is 1. The van der Waals surface area contributed by atoms with Crippen molar-refractivity contribution >= 4 is 39.4 Å². The van der Waals surface area contributed by atoms with Gasteiger partial charge < -0.3 is 20.2 Å². The normalized spacial score (nSPS) is 11.1. The summed E-state index contributed by atoms with van der Waals surface area (Å²) in [4.78, 5) is 28.8.